The Morgan fingerprint density at radius 2 is 2.19 bits per heavy atom. The standard InChI is InChI=1S/C20H31N5O2/c1-4-22-20(23-9-6-11-25-12-10-21-15-25)24-14-19(26)17-7-5-8-18(13-17)27-16(2)3/h5,7-8,10,12-13,15-16,19,26H,4,6,9,11,14H2,1-3H3,(H2,22,23,24). The molecule has 2 aromatic rings. The summed E-state index contributed by atoms with van der Waals surface area (Å²) < 4.78 is 7.73. The molecule has 1 aromatic carbocycles. The molecule has 7 heteroatoms. The van der Waals surface area contributed by atoms with Gasteiger partial charge in [-0.2, -0.15) is 0 Å². The first-order chi connectivity index (χ1) is 13.1. The fourth-order valence-corrected chi connectivity index (χ4v) is 2.58. The maximum atomic E-state index is 10.5. The zero-order chi connectivity index (χ0) is 19.5. The van der Waals surface area contributed by atoms with Crippen molar-refractivity contribution in [1.29, 1.82) is 0 Å². The normalized spacial score (nSPS) is 12.9. The van der Waals surface area contributed by atoms with Gasteiger partial charge in [-0.05, 0) is 44.9 Å². The predicted molar refractivity (Wildman–Crippen MR) is 108 cm³/mol. The fraction of sp³-hybridized carbons (Fsp3) is 0.500. The van der Waals surface area contributed by atoms with Crippen LogP contribution in [0.25, 0.3) is 0 Å². The molecule has 2 rings (SSSR count). The predicted octanol–water partition coefficient (Wildman–Crippen LogP) is 2.35. The van der Waals surface area contributed by atoms with Gasteiger partial charge in [0, 0.05) is 32.0 Å². The summed E-state index contributed by atoms with van der Waals surface area (Å²) in [6, 6.07) is 7.54. The van der Waals surface area contributed by atoms with Crippen molar-refractivity contribution < 1.29 is 9.84 Å². The van der Waals surface area contributed by atoms with Crippen molar-refractivity contribution in [3.63, 3.8) is 0 Å². The van der Waals surface area contributed by atoms with Crippen molar-refractivity contribution >= 4 is 5.96 Å². The summed E-state index contributed by atoms with van der Waals surface area (Å²) in [5, 5.41) is 17.0. The van der Waals surface area contributed by atoms with Crippen molar-refractivity contribution in [2.45, 2.75) is 45.9 Å². The molecule has 0 saturated heterocycles. The first-order valence-electron chi connectivity index (χ1n) is 9.51. The smallest absolute Gasteiger partial charge is 0.191 e. The molecule has 3 N–H and O–H groups in total. The number of rotatable bonds is 10. The van der Waals surface area contributed by atoms with Gasteiger partial charge in [-0.25, -0.2) is 4.98 Å². The number of aliphatic imine (C=N–C) groups is 1. The Morgan fingerprint density at radius 1 is 1.33 bits per heavy atom. The average Bonchev–Trinajstić information content (AvgIpc) is 3.16. The lowest BCUT2D eigenvalue weighted by Crippen LogP contribution is -2.38. The van der Waals surface area contributed by atoms with Gasteiger partial charge in [0.05, 0.1) is 25.1 Å². The fourth-order valence-electron chi connectivity index (χ4n) is 2.58. The van der Waals surface area contributed by atoms with Crippen molar-refractivity contribution in [3.8, 4) is 5.75 Å². The number of imidazole rings is 1. The summed E-state index contributed by atoms with van der Waals surface area (Å²) in [6.45, 7) is 8.72. The second-order valence-electron chi connectivity index (χ2n) is 6.56. The molecular weight excluding hydrogens is 342 g/mol. The van der Waals surface area contributed by atoms with Crippen LogP contribution in [-0.2, 0) is 6.54 Å². The van der Waals surface area contributed by atoms with Crippen LogP contribution in [0.15, 0.2) is 48.0 Å². The number of aromatic nitrogens is 2. The molecule has 0 bridgehead atoms. The van der Waals surface area contributed by atoms with Crippen LogP contribution >= 0.6 is 0 Å². The second-order valence-corrected chi connectivity index (χ2v) is 6.56. The zero-order valence-corrected chi connectivity index (χ0v) is 16.4. The van der Waals surface area contributed by atoms with E-state index >= 15 is 0 Å². The van der Waals surface area contributed by atoms with Crippen LogP contribution in [-0.4, -0.2) is 46.4 Å². The molecule has 0 fully saturated rings. The molecule has 0 spiro atoms. The number of nitrogens with zero attached hydrogens (tertiary/aromatic N) is 3. The van der Waals surface area contributed by atoms with Gasteiger partial charge in [0.15, 0.2) is 5.96 Å². The van der Waals surface area contributed by atoms with Crippen molar-refractivity contribution in [2.24, 2.45) is 4.99 Å². The van der Waals surface area contributed by atoms with E-state index in [4.69, 9.17) is 4.74 Å². The second kappa shape index (κ2) is 11.2. The van der Waals surface area contributed by atoms with E-state index < -0.39 is 6.10 Å². The first-order valence-corrected chi connectivity index (χ1v) is 9.51. The van der Waals surface area contributed by atoms with E-state index in [1.54, 1.807) is 6.20 Å². The van der Waals surface area contributed by atoms with Crippen LogP contribution in [0.2, 0.25) is 0 Å². The molecule has 27 heavy (non-hydrogen) atoms. The Balaban J connectivity index is 1.85. The molecule has 1 unspecified atom stereocenters. The molecule has 1 atom stereocenters. The van der Waals surface area contributed by atoms with Gasteiger partial charge in [0.25, 0.3) is 0 Å². The minimum atomic E-state index is -0.679. The van der Waals surface area contributed by atoms with Crippen LogP contribution in [0.3, 0.4) is 0 Å². The lowest BCUT2D eigenvalue weighted by atomic mass is 10.1. The quantitative estimate of drug-likeness (QED) is 0.338. The number of ether oxygens (including phenoxy) is 1. The van der Waals surface area contributed by atoms with Gasteiger partial charge in [0.1, 0.15) is 5.75 Å². The third-order valence-corrected chi connectivity index (χ3v) is 3.83. The van der Waals surface area contributed by atoms with E-state index in [1.165, 1.54) is 0 Å². The summed E-state index contributed by atoms with van der Waals surface area (Å²) in [6.07, 6.45) is 5.92. The van der Waals surface area contributed by atoms with Gasteiger partial charge in [-0.15, -0.1) is 0 Å². The molecule has 0 aliphatic heterocycles. The molecule has 0 aliphatic carbocycles. The van der Waals surface area contributed by atoms with E-state index in [9.17, 15) is 5.11 Å². The van der Waals surface area contributed by atoms with E-state index in [0.717, 1.165) is 37.4 Å². The first kappa shape index (κ1) is 20.8. The third-order valence-electron chi connectivity index (χ3n) is 3.83. The highest BCUT2D eigenvalue weighted by Gasteiger charge is 2.09. The van der Waals surface area contributed by atoms with E-state index in [1.807, 2.05) is 62.1 Å². The third kappa shape index (κ3) is 7.70. The van der Waals surface area contributed by atoms with Crippen molar-refractivity contribution in [3.05, 3.63) is 48.5 Å². The van der Waals surface area contributed by atoms with Gasteiger partial charge in [-0.1, -0.05) is 12.1 Å². The molecular formula is C20H31N5O2. The van der Waals surface area contributed by atoms with Gasteiger partial charge in [-0.3, -0.25) is 4.99 Å². The maximum Gasteiger partial charge on any atom is 0.191 e. The Morgan fingerprint density at radius 3 is 2.89 bits per heavy atom. The van der Waals surface area contributed by atoms with Crippen LogP contribution in [0, 0.1) is 0 Å². The largest absolute Gasteiger partial charge is 0.491 e. The van der Waals surface area contributed by atoms with E-state index in [-0.39, 0.29) is 12.6 Å². The Bertz CT molecular complexity index is 685. The molecule has 0 saturated carbocycles. The van der Waals surface area contributed by atoms with Gasteiger partial charge in [0.2, 0.25) is 0 Å². The highest BCUT2D eigenvalue weighted by Crippen LogP contribution is 2.20. The average molecular weight is 374 g/mol. The van der Waals surface area contributed by atoms with Crippen LogP contribution < -0.4 is 15.4 Å². The molecule has 148 valence electrons. The number of hydrogen-bond donors (Lipinski definition) is 3. The van der Waals surface area contributed by atoms with Gasteiger partial charge < -0.3 is 25.0 Å². The monoisotopic (exact) mass is 373 g/mol. The Labute approximate surface area is 161 Å². The van der Waals surface area contributed by atoms with Crippen LogP contribution in [0.4, 0.5) is 0 Å². The number of benzene rings is 1. The summed E-state index contributed by atoms with van der Waals surface area (Å²) in [4.78, 5) is 8.53. The summed E-state index contributed by atoms with van der Waals surface area (Å²) >= 11 is 0. The van der Waals surface area contributed by atoms with Crippen molar-refractivity contribution in [1.82, 2.24) is 20.2 Å². The minimum Gasteiger partial charge on any atom is -0.491 e. The number of nitrogens with one attached hydrogen (secondary N) is 2. The zero-order valence-electron chi connectivity index (χ0n) is 16.4. The SMILES string of the molecule is CCNC(=NCC(O)c1cccc(OC(C)C)c1)NCCCn1ccnc1. The van der Waals surface area contributed by atoms with Crippen molar-refractivity contribution in [2.75, 3.05) is 19.6 Å². The topological polar surface area (TPSA) is 83.7 Å². The van der Waals surface area contributed by atoms with Gasteiger partial charge >= 0.3 is 0 Å². The summed E-state index contributed by atoms with van der Waals surface area (Å²) in [5.41, 5.74) is 0.799. The molecule has 1 aromatic heterocycles. The highest BCUT2D eigenvalue weighted by atomic mass is 16.5. The molecule has 0 aliphatic rings. The lowest BCUT2D eigenvalue weighted by Gasteiger charge is -2.15. The Hall–Kier alpha value is -2.54. The minimum absolute atomic E-state index is 0.0993. The van der Waals surface area contributed by atoms with E-state index in [0.29, 0.717) is 5.96 Å². The van der Waals surface area contributed by atoms with Crippen LogP contribution in [0.5, 0.6) is 5.75 Å². The maximum absolute atomic E-state index is 10.5. The van der Waals surface area contributed by atoms with E-state index in [2.05, 4.69) is 20.6 Å². The number of aryl methyl sites for hydroxylation is 1. The number of aliphatic hydroxyl groups is 1. The number of hydrogen-bond acceptors (Lipinski definition) is 4. The summed E-state index contributed by atoms with van der Waals surface area (Å²) in [7, 11) is 0. The molecule has 7 nitrogen and oxygen atoms in total. The number of guanidine groups is 1. The summed E-state index contributed by atoms with van der Waals surface area (Å²) in [5.74, 6) is 1.46. The molecule has 0 amide bonds. The molecule has 0 radical (unpaired) electrons. The molecule has 1 heterocycles. The lowest BCUT2D eigenvalue weighted by molar-refractivity contribution is 0.185. The van der Waals surface area contributed by atoms with Crippen LogP contribution in [0.1, 0.15) is 38.9 Å². The number of aliphatic hydroxyl groups excluding tert-OH is 1. The Kier molecular flexibility index (Phi) is 8.64. The highest BCUT2D eigenvalue weighted by molar-refractivity contribution is 5.79.